The SMILES string of the molecule is NC(CC(=O)O)C(=O)NC(CC(=O)O)C(=O)NC(Cc1ccccc1)C(=O)NC(CCC(=O)O)C(=O)O. The molecule has 37 heavy (non-hydrogen) atoms. The molecule has 0 aromatic heterocycles. The summed E-state index contributed by atoms with van der Waals surface area (Å²) < 4.78 is 0. The molecule has 4 unspecified atom stereocenters. The Balaban J connectivity index is 3.13. The fourth-order valence-corrected chi connectivity index (χ4v) is 3.07. The smallest absolute Gasteiger partial charge is 0.326 e. The number of benzene rings is 1. The fourth-order valence-electron chi connectivity index (χ4n) is 3.07. The van der Waals surface area contributed by atoms with Crippen LogP contribution in [0.25, 0.3) is 0 Å². The Kier molecular flexibility index (Phi) is 12.2. The van der Waals surface area contributed by atoms with Gasteiger partial charge in [-0.05, 0) is 12.0 Å². The largest absolute Gasteiger partial charge is 0.481 e. The second-order valence-corrected chi connectivity index (χ2v) is 7.95. The number of aliphatic carboxylic acids is 4. The molecule has 1 rings (SSSR count). The van der Waals surface area contributed by atoms with Crippen LogP contribution in [0.1, 0.15) is 31.2 Å². The molecule has 0 heterocycles. The van der Waals surface area contributed by atoms with E-state index in [-0.39, 0.29) is 6.42 Å². The van der Waals surface area contributed by atoms with E-state index in [0.29, 0.717) is 5.56 Å². The summed E-state index contributed by atoms with van der Waals surface area (Å²) in [6.07, 6.45) is -2.90. The molecule has 0 saturated heterocycles. The van der Waals surface area contributed by atoms with Gasteiger partial charge in [-0.15, -0.1) is 0 Å². The summed E-state index contributed by atoms with van der Waals surface area (Å²) in [5.41, 5.74) is 5.98. The molecule has 4 atom stereocenters. The molecule has 9 N–H and O–H groups in total. The number of hydrogen-bond acceptors (Lipinski definition) is 8. The van der Waals surface area contributed by atoms with E-state index in [0.717, 1.165) is 0 Å². The standard InChI is InChI=1S/C22H28N4O11/c23-12(9-17(29)30)19(33)25-15(10-18(31)32)21(35)26-14(8-11-4-2-1-3-5-11)20(34)24-13(22(36)37)6-7-16(27)28/h1-5,12-15H,6-10,23H2,(H,24,34)(H,25,33)(H,26,35)(H,27,28)(H,29,30)(H,31,32)(H,36,37). The lowest BCUT2D eigenvalue weighted by Gasteiger charge is -2.24. The molecule has 1 aromatic rings. The van der Waals surface area contributed by atoms with Crippen molar-refractivity contribution in [2.75, 3.05) is 0 Å². The van der Waals surface area contributed by atoms with Gasteiger partial charge >= 0.3 is 23.9 Å². The Bertz CT molecular complexity index is 1020. The van der Waals surface area contributed by atoms with Gasteiger partial charge in [-0.25, -0.2) is 4.79 Å². The van der Waals surface area contributed by atoms with Gasteiger partial charge in [0.2, 0.25) is 17.7 Å². The van der Waals surface area contributed by atoms with E-state index in [2.05, 4.69) is 10.6 Å². The molecule has 0 aliphatic carbocycles. The molecule has 3 amide bonds. The van der Waals surface area contributed by atoms with Crippen molar-refractivity contribution in [2.24, 2.45) is 5.73 Å². The Hall–Kier alpha value is -4.53. The van der Waals surface area contributed by atoms with Gasteiger partial charge in [-0.2, -0.15) is 0 Å². The molecular weight excluding hydrogens is 496 g/mol. The van der Waals surface area contributed by atoms with E-state index in [9.17, 15) is 38.7 Å². The van der Waals surface area contributed by atoms with Crippen molar-refractivity contribution in [3.63, 3.8) is 0 Å². The zero-order valence-electron chi connectivity index (χ0n) is 19.5. The number of carbonyl (C=O) groups is 7. The second kappa shape index (κ2) is 14.8. The lowest BCUT2D eigenvalue weighted by molar-refractivity contribution is -0.144. The van der Waals surface area contributed by atoms with Crippen LogP contribution in [0.15, 0.2) is 30.3 Å². The van der Waals surface area contributed by atoms with Gasteiger partial charge in [-0.1, -0.05) is 30.3 Å². The molecular formula is C22H28N4O11. The lowest BCUT2D eigenvalue weighted by Crippen LogP contribution is -2.58. The van der Waals surface area contributed by atoms with Crippen LogP contribution in [0, 0.1) is 0 Å². The number of hydrogen-bond donors (Lipinski definition) is 8. The Morgan fingerprint density at radius 3 is 1.70 bits per heavy atom. The van der Waals surface area contributed by atoms with Crippen LogP contribution in [-0.4, -0.2) is 86.2 Å². The maximum Gasteiger partial charge on any atom is 0.326 e. The third kappa shape index (κ3) is 11.6. The molecule has 0 aliphatic heterocycles. The molecule has 202 valence electrons. The zero-order valence-corrected chi connectivity index (χ0v) is 19.5. The summed E-state index contributed by atoms with van der Waals surface area (Å²) in [5.74, 6) is -8.96. The van der Waals surface area contributed by atoms with Gasteiger partial charge in [0.05, 0.1) is 18.9 Å². The minimum absolute atomic E-state index is 0.171. The van der Waals surface area contributed by atoms with Crippen LogP contribution in [-0.2, 0) is 40.0 Å². The van der Waals surface area contributed by atoms with Crippen LogP contribution in [0.2, 0.25) is 0 Å². The van der Waals surface area contributed by atoms with Crippen molar-refractivity contribution in [2.45, 2.75) is 56.3 Å². The van der Waals surface area contributed by atoms with E-state index >= 15 is 0 Å². The quantitative estimate of drug-likeness (QED) is 0.116. The van der Waals surface area contributed by atoms with Gasteiger partial charge in [0.1, 0.15) is 18.1 Å². The van der Waals surface area contributed by atoms with Crippen LogP contribution >= 0.6 is 0 Å². The van der Waals surface area contributed by atoms with Crippen molar-refractivity contribution < 1.29 is 54.0 Å². The molecule has 0 saturated carbocycles. The van der Waals surface area contributed by atoms with Crippen molar-refractivity contribution in [1.82, 2.24) is 16.0 Å². The van der Waals surface area contributed by atoms with Crippen LogP contribution in [0.4, 0.5) is 0 Å². The van der Waals surface area contributed by atoms with Gasteiger partial charge in [0.15, 0.2) is 0 Å². The van der Waals surface area contributed by atoms with E-state index in [1.54, 1.807) is 30.3 Å². The first kappa shape index (κ1) is 30.5. The van der Waals surface area contributed by atoms with E-state index in [1.165, 1.54) is 0 Å². The minimum atomic E-state index is -1.75. The average molecular weight is 524 g/mol. The molecule has 0 aliphatic rings. The highest BCUT2D eigenvalue weighted by Crippen LogP contribution is 2.07. The molecule has 0 fully saturated rings. The van der Waals surface area contributed by atoms with Crippen LogP contribution in [0.3, 0.4) is 0 Å². The molecule has 15 heteroatoms. The van der Waals surface area contributed by atoms with Crippen molar-refractivity contribution in [3.05, 3.63) is 35.9 Å². The highest BCUT2D eigenvalue weighted by molar-refractivity contribution is 5.96. The summed E-state index contributed by atoms with van der Waals surface area (Å²) in [7, 11) is 0. The van der Waals surface area contributed by atoms with Crippen LogP contribution < -0.4 is 21.7 Å². The topological polar surface area (TPSA) is 263 Å². The predicted octanol–water partition coefficient (Wildman–Crippen LogP) is -2.09. The zero-order chi connectivity index (χ0) is 28.1. The van der Waals surface area contributed by atoms with Crippen molar-refractivity contribution in [3.8, 4) is 0 Å². The van der Waals surface area contributed by atoms with E-state index in [1.807, 2.05) is 5.32 Å². The molecule has 0 spiro atoms. The molecule has 15 nitrogen and oxygen atoms in total. The highest BCUT2D eigenvalue weighted by atomic mass is 16.4. The van der Waals surface area contributed by atoms with Gasteiger partial charge < -0.3 is 42.1 Å². The molecule has 0 bridgehead atoms. The number of carbonyl (C=O) groups excluding carboxylic acids is 3. The number of nitrogens with one attached hydrogen (secondary N) is 3. The molecule has 0 radical (unpaired) electrons. The van der Waals surface area contributed by atoms with Crippen LogP contribution in [0.5, 0.6) is 0 Å². The van der Waals surface area contributed by atoms with Gasteiger partial charge in [0.25, 0.3) is 0 Å². The summed E-state index contributed by atoms with van der Waals surface area (Å²) in [6.45, 7) is 0. The highest BCUT2D eigenvalue weighted by Gasteiger charge is 2.32. The lowest BCUT2D eigenvalue weighted by atomic mass is 10.0. The van der Waals surface area contributed by atoms with Gasteiger partial charge in [0, 0.05) is 12.8 Å². The number of amides is 3. The maximum absolute atomic E-state index is 12.9. The Morgan fingerprint density at radius 2 is 1.19 bits per heavy atom. The first-order chi connectivity index (χ1) is 17.3. The Labute approximate surface area is 210 Å². The normalized spacial score (nSPS) is 13.8. The van der Waals surface area contributed by atoms with Crippen molar-refractivity contribution >= 4 is 41.6 Å². The number of rotatable bonds is 16. The van der Waals surface area contributed by atoms with Crippen molar-refractivity contribution in [1.29, 1.82) is 0 Å². The maximum atomic E-state index is 12.9. The monoisotopic (exact) mass is 524 g/mol. The predicted molar refractivity (Wildman–Crippen MR) is 123 cm³/mol. The molecule has 1 aromatic carbocycles. The summed E-state index contributed by atoms with van der Waals surface area (Å²) in [4.78, 5) is 82.3. The second-order valence-electron chi connectivity index (χ2n) is 7.95. The number of carboxylic acids is 4. The number of nitrogens with two attached hydrogens (primary N) is 1. The first-order valence-electron chi connectivity index (χ1n) is 10.9. The fraction of sp³-hybridized carbons (Fsp3) is 0.409. The Morgan fingerprint density at radius 1 is 0.676 bits per heavy atom. The summed E-state index contributed by atoms with van der Waals surface area (Å²) >= 11 is 0. The first-order valence-corrected chi connectivity index (χ1v) is 10.9. The average Bonchev–Trinajstić information content (AvgIpc) is 2.80. The third-order valence-electron chi connectivity index (χ3n) is 4.92. The van der Waals surface area contributed by atoms with E-state index in [4.69, 9.17) is 21.1 Å². The summed E-state index contributed by atoms with van der Waals surface area (Å²) in [5, 5.41) is 42.5. The summed E-state index contributed by atoms with van der Waals surface area (Å²) in [6, 6.07) is 1.77. The van der Waals surface area contributed by atoms with E-state index < -0.39 is 91.4 Å². The van der Waals surface area contributed by atoms with Gasteiger partial charge in [-0.3, -0.25) is 28.8 Å². The third-order valence-corrected chi connectivity index (χ3v) is 4.92. The minimum Gasteiger partial charge on any atom is -0.481 e. The number of carboxylic acid groups (broad SMARTS) is 4.